The standard InChI is InChI=1S/C12H12Br2N4OS/c1-18(5-7-2-10(14)20-6-7)12(19)9-3-8(13)4-16-11(9)17-15/h2-4,6H,5,15H2,1H3,(H,16,17). The van der Waals surface area contributed by atoms with Gasteiger partial charge in [-0.1, -0.05) is 0 Å². The second-order valence-corrected chi connectivity index (χ2v) is 7.32. The molecule has 2 heterocycles. The highest BCUT2D eigenvalue weighted by molar-refractivity contribution is 9.11. The maximum absolute atomic E-state index is 12.4. The maximum Gasteiger partial charge on any atom is 0.257 e. The van der Waals surface area contributed by atoms with Crippen molar-refractivity contribution in [2.45, 2.75) is 6.54 Å². The van der Waals surface area contributed by atoms with Crippen molar-refractivity contribution in [2.24, 2.45) is 5.84 Å². The normalized spacial score (nSPS) is 10.4. The van der Waals surface area contributed by atoms with E-state index in [0.29, 0.717) is 17.9 Å². The molecular formula is C12H12Br2N4OS. The molecule has 0 saturated carbocycles. The van der Waals surface area contributed by atoms with E-state index in [4.69, 9.17) is 5.84 Å². The first kappa shape index (κ1) is 15.4. The van der Waals surface area contributed by atoms with Crippen molar-refractivity contribution in [3.8, 4) is 0 Å². The summed E-state index contributed by atoms with van der Waals surface area (Å²) in [5, 5.41) is 2.01. The summed E-state index contributed by atoms with van der Waals surface area (Å²) in [6.07, 6.45) is 1.59. The molecule has 2 aromatic heterocycles. The van der Waals surface area contributed by atoms with Crippen molar-refractivity contribution >= 4 is 54.9 Å². The molecule has 0 radical (unpaired) electrons. The van der Waals surface area contributed by atoms with Crippen LogP contribution in [-0.4, -0.2) is 22.8 Å². The number of carbonyl (C=O) groups is 1. The van der Waals surface area contributed by atoms with Crippen molar-refractivity contribution in [2.75, 3.05) is 12.5 Å². The molecule has 0 aliphatic rings. The molecule has 0 aliphatic heterocycles. The second-order valence-electron chi connectivity index (χ2n) is 4.11. The molecule has 20 heavy (non-hydrogen) atoms. The lowest BCUT2D eigenvalue weighted by atomic mass is 10.2. The van der Waals surface area contributed by atoms with Crippen molar-refractivity contribution in [3.05, 3.63) is 43.1 Å². The predicted molar refractivity (Wildman–Crippen MR) is 87.6 cm³/mol. The van der Waals surface area contributed by atoms with Gasteiger partial charge >= 0.3 is 0 Å². The first-order valence-electron chi connectivity index (χ1n) is 5.62. The zero-order valence-corrected chi connectivity index (χ0v) is 14.5. The summed E-state index contributed by atoms with van der Waals surface area (Å²) >= 11 is 8.31. The van der Waals surface area contributed by atoms with Crippen LogP contribution in [-0.2, 0) is 6.54 Å². The van der Waals surface area contributed by atoms with E-state index in [1.165, 1.54) is 0 Å². The SMILES string of the molecule is CN(Cc1csc(Br)c1)C(=O)c1cc(Br)cnc1NN. The number of nitrogens with zero attached hydrogens (tertiary/aromatic N) is 2. The Balaban J connectivity index is 2.20. The molecule has 0 atom stereocenters. The minimum atomic E-state index is -0.144. The van der Waals surface area contributed by atoms with Gasteiger partial charge in [0, 0.05) is 24.3 Å². The zero-order chi connectivity index (χ0) is 14.7. The molecule has 8 heteroatoms. The molecule has 0 bridgehead atoms. The van der Waals surface area contributed by atoms with Crippen LogP contribution < -0.4 is 11.3 Å². The summed E-state index contributed by atoms with van der Waals surface area (Å²) < 4.78 is 1.77. The number of hydrogen-bond donors (Lipinski definition) is 2. The number of anilines is 1. The summed E-state index contributed by atoms with van der Waals surface area (Å²) in [7, 11) is 1.75. The third-order valence-corrected chi connectivity index (χ3v) is 4.60. The average Bonchev–Trinajstić information content (AvgIpc) is 2.83. The molecular weight excluding hydrogens is 408 g/mol. The highest BCUT2D eigenvalue weighted by Crippen LogP contribution is 2.23. The van der Waals surface area contributed by atoms with Gasteiger partial charge in [0.15, 0.2) is 5.82 Å². The number of hydrogen-bond acceptors (Lipinski definition) is 5. The molecule has 0 fully saturated rings. The monoisotopic (exact) mass is 418 g/mol. The maximum atomic E-state index is 12.4. The Bertz CT molecular complexity index is 632. The van der Waals surface area contributed by atoms with Crippen LogP contribution in [0.2, 0.25) is 0 Å². The Labute approximate surface area is 137 Å². The minimum Gasteiger partial charge on any atom is -0.337 e. The minimum absolute atomic E-state index is 0.144. The lowest BCUT2D eigenvalue weighted by Gasteiger charge is -2.18. The van der Waals surface area contributed by atoms with Crippen LogP contribution in [0.4, 0.5) is 5.82 Å². The summed E-state index contributed by atoms with van der Waals surface area (Å²) in [6, 6.07) is 3.69. The molecule has 106 valence electrons. The van der Waals surface area contributed by atoms with Crippen LogP contribution in [0.5, 0.6) is 0 Å². The number of amides is 1. The van der Waals surface area contributed by atoms with Gasteiger partial charge in [-0.15, -0.1) is 11.3 Å². The van der Waals surface area contributed by atoms with Crippen molar-refractivity contribution in [1.29, 1.82) is 0 Å². The van der Waals surface area contributed by atoms with E-state index in [-0.39, 0.29) is 5.91 Å². The summed E-state index contributed by atoms with van der Waals surface area (Å²) in [6.45, 7) is 0.525. The van der Waals surface area contributed by atoms with Gasteiger partial charge in [-0.2, -0.15) is 0 Å². The van der Waals surface area contributed by atoms with Crippen molar-refractivity contribution < 1.29 is 4.79 Å². The van der Waals surface area contributed by atoms with E-state index < -0.39 is 0 Å². The largest absolute Gasteiger partial charge is 0.337 e. The predicted octanol–water partition coefficient (Wildman–Crippen LogP) is 3.23. The molecule has 0 aliphatic carbocycles. The van der Waals surface area contributed by atoms with Crippen molar-refractivity contribution in [1.82, 2.24) is 9.88 Å². The topological polar surface area (TPSA) is 71.2 Å². The molecule has 0 aromatic carbocycles. The number of nitrogen functional groups attached to an aromatic ring is 1. The lowest BCUT2D eigenvalue weighted by molar-refractivity contribution is 0.0785. The summed E-state index contributed by atoms with van der Waals surface area (Å²) in [5.74, 6) is 5.61. The quantitative estimate of drug-likeness (QED) is 0.589. The number of rotatable bonds is 4. The Morgan fingerprint density at radius 3 is 2.85 bits per heavy atom. The van der Waals surface area contributed by atoms with Gasteiger partial charge in [0.25, 0.3) is 5.91 Å². The number of hydrazine groups is 1. The highest BCUT2D eigenvalue weighted by atomic mass is 79.9. The molecule has 5 nitrogen and oxygen atoms in total. The fourth-order valence-electron chi connectivity index (χ4n) is 1.70. The molecule has 2 aromatic rings. The van der Waals surface area contributed by atoms with E-state index >= 15 is 0 Å². The Hall–Kier alpha value is -0.960. The highest BCUT2D eigenvalue weighted by Gasteiger charge is 2.17. The summed E-state index contributed by atoms with van der Waals surface area (Å²) in [5.41, 5.74) is 3.94. The first-order valence-corrected chi connectivity index (χ1v) is 8.08. The Morgan fingerprint density at radius 1 is 1.50 bits per heavy atom. The number of thiophene rings is 1. The van der Waals surface area contributed by atoms with E-state index in [1.54, 1.807) is 35.5 Å². The third-order valence-electron chi connectivity index (χ3n) is 2.61. The summed E-state index contributed by atoms with van der Waals surface area (Å²) in [4.78, 5) is 18.1. The fraction of sp³-hybridized carbons (Fsp3) is 0.167. The van der Waals surface area contributed by atoms with E-state index in [0.717, 1.165) is 13.8 Å². The van der Waals surface area contributed by atoms with Gasteiger partial charge in [-0.3, -0.25) is 4.79 Å². The lowest BCUT2D eigenvalue weighted by Crippen LogP contribution is -2.27. The van der Waals surface area contributed by atoms with Gasteiger partial charge in [-0.05, 0) is 54.9 Å². The van der Waals surface area contributed by atoms with E-state index in [9.17, 15) is 4.79 Å². The fourth-order valence-corrected chi connectivity index (χ4v) is 3.23. The molecule has 1 amide bonds. The smallest absolute Gasteiger partial charge is 0.257 e. The number of halogens is 2. The van der Waals surface area contributed by atoms with Gasteiger partial charge < -0.3 is 10.3 Å². The molecule has 3 N–H and O–H groups in total. The first-order chi connectivity index (χ1) is 9.51. The zero-order valence-electron chi connectivity index (χ0n) is 10.6. The number of pyridine rings is 1. The number of carbonyl (C=O) groups excluding carboxylic acids is 1. The number of aromatic nitrogens is 1. The van der Waals surface area contributed by atoms with Crippen LogP contribution in [0.1, 0.15) is 15.9 Å². The van der Waals surface area contributed by atoms with Crippen LogP contribution in [0.3, 0.4) is 0 Å². The molecule has 0 spiro atoms. The second kappa shape index (κ2) is 6.66. The van der Waals surface area contributed by atoms with Gasteiger partial charge in [-0.25, -0.2) is 10.8 Å². The van der Waals surface area contributed by atoms with Gasteiger partial charge in [0.1, 0.15) is 0 Å². The number of nitrogens with two attached hydrogens (primary N) is 1. The van der Waals surface area contributed by atoms with Crippen LogP contribution >= 0.6 is 43.2 Å². The third kappa shape index (κ3) is 3.57. The van der Waals surface area contributed by atoms with Gasteiger partial charge in [0.05, 0.1) is 9.35 Å². The van der Waals surface area contributed by atoms with E-state index in [1.807, 2.05) is 11.4 Å². The number of nitrogens with one attached hydrogen (secondary N) is 1. The molecule has 0 saturated heterocycles. The van der Waals surface area contributed by atoms with Crippen LogP contribution in [0.25, 0.3) is 0 Å². The van der Waals surface area contributed by atoms with E-state index in [2.05, 4.69) is 42.3 Å². The molecule has 0 unspecified atom stereocenters. The Kier molecular flexibility index (Phi) is 5.14. The molecule has 2 rings (SSSR count). The Morgan fingerprint density at radius 2 is 2.25 bits per heavy atom. The van der Waals surface area contributed by atoms with Gasteiger partial charge in [0.2, 0.25) is 0 Å². The average molecular weight is 420 g/mol. The van der Waals surface area contributed by atoms with Crippen LogP contribution in [0, 0.1) is 0 Å². The van der Waals surface area contributed by atoms with Crippen LogP contribution in [0.15, 0.2) is 32.0 Å². The van der Waals surface area contributed by atoms with Crippen molar-refractivity contribution in [3.63, 3.8) is 0 Å².